The third-order valence-corrected chi connectivity index (χ3v) is 10.3. The van der Waals surface area contributed by atoms with Crippen molar-refractivity contribution < 1.29 is 45.9 Å². The first kappa shape index (κ1) is 35.6. The number of aliphatic hydroxyl groups excluding tert-OH is 1. The zero-order valence-electron chi connectivity index (χ0n) is 26.7. The Morgan fingerprint density at radius 1 is 1.02 bits per heavy atom. The Kier molecular flexibility index (Phi) is 11.0. The summed E-state index contributed by atoms with van der Waals surface area (Å²) < 4.78 is 70.9. The SMILES string of the molecule is CC(C)C(NC(=O)COC1(CCc2ccc([C@@H]3[C@@H](CC[C@H](O)c4ccc(F)cc4)C(=O)N3c3ccc(F)cc3)cc2)COC1)S(=O)(=O)O. The highest BCUT2D eigenvalue weighted by molar-refractivity contribution is 7.86. The molecule has 0 aromatic heterocycles. The summed E-state index contributed by atoms with van der Waals surface area (Å²) >= 11 is 0. The summed E-state index contributed by atoms with van der Waals surface area (Å²) in [4.78, 5) is 27.5. The number of nitrogens with one attached hydrogen (secondary N) is 1. The van der Waals surface area contributed by atoms with E-state index < -0.39 is 63.2 Å². The zero-order chi connectivity index (χ0) is 34.6. The van der Waals surface area contributed by atoms with Gasteiger partial charge < -0.3 is 24.8 Å². The van der Waals surface area contributed by atoms with Crippen LogP contribution in [0, 0.1) is 23.5 Å². The van der Waals surface area contributed by atoms with Crippen molar-refractivity contribution in [2.75, 3.05) is 24.7 Å². The number of ether oxygens (including phenoxy) is 2. The lowest BCUT2D eigenvalue weighted by Crippen LogP contribution is -2.55. The largest absolute Gasteiger partial charge is 0.388 e. The minimum absolute atomic E-state index is 0.133. The van der Waals surface area contributed by atoms with Crippen LogP contribution in [0.3, 0.4) is 0 Å². The van der Waals surface area contributed by atoms with Gasteiger partial charge in [0.15, 0.2) is 5.37 Å². The van der Waals surface area contributed by atoms with Gasteiger partial charge in [0, 0.05) is 5.69 Å². The fourth-order valence-corrected chi connectivity index (χ4v) is 7.15. The molecule has 2 aliphatic rings. The molecule has 2 amide bonds. The Balaban J connectivity index is 1.23. The van der Waals surface area contributed by atoms with Gasteiger partial charge in [-0.3, -0.25) is 14.1 Å². The first-order valence-electron chi connectivity index (χ1n) is 15.8. The van der Waals surface area contributed by atoms with E-state index in [-0.39, 0.29) is 25.2 Å². The van der Waals surface area contributed by atoms with Crippen molar-refractivity contribution in [2.45, 2.75) is 62.7 Å². The number of hydrogen-bond donors (Lipinski definition) is 3. The number of halogens is 2. The van der Waals surface area contributed by atoms with Crippen LogP contribution >= 0.6 is 0 Å². The number of aryl methyl sites for hydroxylation is 1. The number of carbonyl (C=O) groups is 2. The molecule has 3 aromatic carbocycles. The van der Waals surface area contributed by atoms with Crippen LogP contribution in [0.4, 0.5) is 14.5 Å². The molecule has 0 spiro atoms. The zero-order valence-corrected chi connectivity index (χ0v) is 27.5. The quantitative estimate of drug-likeness (QED) is 0.152. The summed E-state index contributed by atoms with van der Waals surface area (Å²) in [5.41, 5.74) is 2.26. The second-order valence-electron chi connectivity index (χ2n) is 12.8. The maximum Gasteiger partial charge on any atom is 0.286 e. The fraction of sp³-hybridized carbons (Fsp3) is 0.429. The minimum atomic E-state index is -4.48. The van der Waals surface area contributed by atoms with Crippen molar-refractivity contribution in [3.05, 3.63) is 101 Å². The summed E-state index contributed by atoms with van der Waals surface area (Å²) in [5.74, 6) is -2.58. The minimum Gasteiger partial charge on any atom is -0.388 e. The first-order valence-corrected chi connectivity index (χ1v) is 17.3. The van der Waals surface area contributed by atoms with E-state index in [9.17, 15) is 36.4 Å². The summed E-state index contributed by atoms with van der Waals surface area (Å²) in [7, 11) is -4.48. The van der Waals surface area contributed by atoms with E-state index in [2.05, 4.69) is 5.32 Å². The van der Waals surface area contributed by atoms with Crippen LogP contribution in [0.25, 0.3) is 0 Å². The smallest absolute Gasteiger partial charge is 0.286 e. The highest BCUT2D eigenvalue weighted by Gasteiger charge is 2.48. The molecule has 0 radical (unpaired) electrons. The molecule has 3 aromatic rings. The maximum atomic E-state index is 13.7. The van der Waals surface area contributed by atoms with Gasteiger partial charge in [-0.1, -0.05) is 50.2 Å². The number of hydrogen-bond acceptors (Lipinski definition) is 7. The normalized spacial score (nSPS) is 20.1. The van der Waals surface area contributed by atoms with Crippen LogP contribution in [-0.2, 0) is 35.6 Å². The third kappa shape index (κ3) is 8.27. The van der Waals surface area contributed by atoms with Gasteiger partial charge in [-0.15, -0.1) is 0 Å². The van der Waals surface area contributed by atoms with Crippen molar-refractivity contribution >= 4 is 27.6 Å². The number of β-lactam (4-membered cyclic amide) rings is 1. The number of aliphatic hydroxyl groups is 1. The molecular weight excluding hydrogens is 646 g/mol. The Bertz CT molecular complexity index is 1680. The lowest BCUT2D eigenvalue weighted by Gasteiger charge is -2.48. The van der Waals surface area contributed by atoms with Crippen LogP contribution in [0.15, 0.2) is 72.8 Å². The Morgan fingerprint density at radius 3 is 2.17 bits per heavy atom. The van der Waals surface area contributed by atoms with Crippen molar-refractivity contribution in [1.29, 1.82) is 0 Å². The van der Waals surface area contributed by atoms with Gasteiger partial charge in [0.25, 0.3) is 10.1 Å². The summed E-state index contributed by atoms with van der Waals surface area (Å²) in [6.07, 6.45) is 0.931. The molecule has 48 heavy (non-hydrogen) atoms. The standard InChI is InChI=1S/C35H40F2N2O8S/c1-22(2)33(48(43,44)45)38-31(41)19-47-35(20-46-21-35)18-17-23-3-5-25(6-4-23)32-29(15-16-30(40)24-7-9-26(36)10-8-24)34(42)39(32)28-13-11-27(37)12-14-28/h3-14,22,29-30,32-33,40H,15-21H2,1-2H3,(H,38,41)(H,43,44,45)/t29-,30+,32-,33?/m1/s1. The Labute approximate surface area is 278 Å². The number of amides is 2. The molecule has 4 atom stereocenters. The van der Waals surface area contributed by atoms with Gasteiger partial charge in [-0.05, 0) is 84.7 Å². The molecule has 13 heteroatoms. The van der Waals surface area contributed by atoms with Gasteiger partial charge in [0.05, 0.1) is 31.3 Å². The van der Waals surface area contributed by atoms with Crippen molar-refractivity contribution in [3.8, 4) is 0 Å². The van der Waals surface area contributed by atoms with Crippen molar-refractivity contribution in [3.63, 3.8) is 0 Å². The fourth-order valence-electron chi connectivity index (χ4n) is 6.18. The van der Waals surface area contributed by atoms with E-state index in [0.29, 0.717) is 36.9 Å². The molecule has 2 heterocycles. The van der Waals surface area contributed by atoms with Gasteiger partial charge in [-0.2, -0.15) is 8.42 Å². The Morgan fingerprint density at radius 2 is 1.62 bits per heavy atom. The van der Waals surface area contributed by atoms with Crippen LogP contribution in [-0.4, -0.2) is 60.7 Å². The first-order chi connectivity index (χ1) is 22.8. The number of anilines is 1. The van der Waals surface area contributed by atoms with Gasteiger partial charge >= 0.3 is 0 Å². The average molecular weight is 687 g/mol. The summed E-state index contributed by atoms with van der Waals surface area (Å²) in [6.45, 7) is 3.28. The molecule has 3 N–H and O–H groups in total. The van der Waals surface area contributed by atoms with Crippen LogP contribution in [0.1, 0.15) is 61.9 Å². The van der Waals surface area contributed by atoms with Gasteiger partial charge in [0.1, 0.15) is 23.8 Å². The molecule has 258 valence electrons. The summed E-state index contributed by atoms with van der Waals surface area (Å²) in [5, 5.41) is 11.6. The van der Waals surface area contributed by atoms with E-state index in [1.807, 2.05) is 24.3 Å². The Hall–Kier alpha value is -3.75. The number of rotatable bonds is 15. The average Bonchev–Trinajstić information content (AvgIpc) is 3.02. The van der Waals surface area contributed by atoms with E-state index in [4.69, 9.17) is 9.47 Å². The van der Waals surface area contributed by atoms with Gasteiger partial charge in [0.2, 0.25) is 11.8 Å². The topological polar surface area (TPSA) is 142 Å². The monoisotopic (exact) mass is 686 g/mol. The number of nitrogens with zero attached hydrogens (tertiary/aromatic N) is 1. The highest BCUT2D eigenvalue weighted by Crippen LogP contribution is 2.46. The van der Waals surface area contributed by atoms with E-state index in [1.54, 1.807) is 30.9 Å². The molecule has 0 saturated carbocycles. The molecule has 2 fully saturated rings. The predicted octanol–water partition coefficient (Wildman–Crippen LogP) is 4.89. The molecule has 2 saturated heterocycles. The molecule has 5 rings (SSSR count). The molecule has 10 nitrogen and oxygen atoms in total. The highest BCUT2D eigenvalue weighted by atomic mass is 32.2. The van der Waals surface area contributed by atoms with Gasteiger partial charge in [-0.25, -0.2) is 8.78 Å². The van der Waals surface area contributed by atoms with E-state index >= 15 is 0 Å². The second-order valence-corrected chi connectivity index (χ2v) is 14.4. The van der Waals surface area contributed by atoms with Crippen LogP contribution in [0.2, 0.25) is 0 Å². The molecule has 1 unspecified atom stereocenters. The van der Waals surface area contributed by atoms with Crippen LogP contribution < -0.4 is 10.2 Å². The lowest BCUT2D eigenvalue weighted by atomic mass is 9.78. The van der Waals surface area contributed by atoms with Crippen molar-refractivity contribution in [1.82, 2.24) is 5.32 Å². The third-order valence-electron chi connectivity index (χ3n) is 8.98. The summed E-state index contributed by atoms with van der Waals surface area (Å²) in [6, 6.07) is 18.8. The second kappa shape index (κ2) is 14.8. The maximum absolute atomic E-state index is 13.7. The number of benzene rings is 3. The molecule has 0 bridgehead atoms. The van der Waals surface area contributed by atoms with E-state index in [0.717, 1.165) is 11.1 Å². The predicted molar refractivity (Wildman–Crippen MR) is 173 cm³/mol. The molecule has 2 aliphatic heterocycles. The van der Waals surface area contributed by atoms with Crippen molar-refractivity contribution in [2.24, 2.45) is 11.8 Å². The van der Waals surface area contributed by atoms with E-state index in [1.165, 1.54) is 36.4 Å². The van der Waals surface area contributed by atoms with Crippen LogP contribution in [0.5, 0.6) is 0 Å². The molecule has 0 aliphatic carbocycles. The molecular formula is C35H40F2N2O8S. The lowest BCUT2D eigenvalue weighted by molar-refractivity contribution is -0.212. The number of carbonyl (C=O) groups excluding carboxylic acids is 2.